The Morgan fingerprint density at radius 1 is 1.17 bits per heavy atom. The van der Waals surface area contributed by atoms with Crippen molar-refractivity contribution in [3.8, 4) is 0 Å². The molecule has 0 saturated carbocycles. The largest absolute Gasteiger partial charge is 0.385 e. The van der Waals surface area contributed by atoms with E-state index in [2.05, 4.69) is 35.3 Å². The summed E-state index contributed by atoms with van der Waals surface area (Å²) in [4.78, 5) is 2.60. The topological polar surface area (TPSA) is 15.3 Å². The van der Waals surface area contributed by atoms with E-state index < -0.39 is 0 Å². The first kappa shape index (κ1) is 11.9. The highest BCUT2D eigenvalue weighted by molar-refractivity contribution is 5.63. The highest BCUT2D eigenvalue weighted by Crippen LogP contribution is 2.30. The zero-order valence-electron chi connectivity index (χ0n) is 11.4. The summed E-state index contributed by atoms with van der Waals surface area (Å²) in [7, 11) is 0. The summed E-state index contributed by atoms with van der Waals surface area (Å²) in [6, 6.07) is 7.72. The summed E-state index contributed by atoms with van der Waals surface area (Å²) in [5.74, 6) is 0. The number of anilines is 2. The minimum Gasteiger partial charge on any atom is -0.385 e. The maximum atomic E-state index is 3.55. The maximum Gasteiger partial charge on any atom is 0.0393 e. The Bertz CT molecular complexity index is 414. The Morgan fingerprint density at radius 3 is 3.06 bits per heavy atom. The molecule has 1 atom stereocenters. The molecule has 0 radical (unpaired) electrons. The minimum atomic E-state index is 0.689. The van der Waals surface area contributed by atoms with Crippen molar-refractivity contribution in [3.63, 3.8) is 0 Å². The molecule has 2 aliphatic rings. The highest BCUT2D eigenvalue weighted by Gasteiger charge is 2.18. The smallest absolute Gasteiger partial charge is 0.0393 e. The summed E-state index contributed by atoms with van der Waals surface area (Å²) in [5.41, 5.74) is 4.28. The molecule has 2 aliphatic heterocycles. The number of benzene rings is 1. The van der Waals surface area contributed by atoms with E-state index in [4.69, 9.17) is 0 Å². The molecule has 2 heteroatoms. The molecule has 18 heavy (non-hydrogen) atoms. The predicted molar refractivity (Wildman–Crippen MR) is 78.5 cm³/mol. The predicted octanol–water partition coefficient (Wildman–Crippen LogP) is 3.81. The maximum absolute atomic E-state index is 3.55. The number of hydrogen-bond acceptors (Lipinski definition) is 2. The fourth-order valence-corrected chi connectivity index (χ4v) is 3.29. The lowest BCUT2D eigenvalue weighted by atomic mass is 10.0. The third kappa shape index (κ3) is 2.33. The van der Waals surface area contributed by atoms with Crippen LogP contribution in [0.15, 0.2) is 18.2 Å². The van der Waals surface area contributed by atoms with Crippen LogP contribution in [0.3, 0.4) is 0 Å². The molecule has 98 valence electrons. The monoisotopic (exact) mass is 244 g/mol. The van der Waals surface area contributed by atoms with Crippen molar-refractivity contribution in [3.05, 3.63) is 23.8 Å². The lowest BCUT2D eigenvalue weighted by Gasteiger charge is -2.31. The van der Waals surface area contributed by atoms with Gasteiger partial charge in [0.1, 0.15) is 0 Å². The van der Waals surface area contributed by atoms with Gasteiger partial charge in [-0.05, 0) is 50.3 Å². The van der Waals surface area contributed by atoms with E-state index in [1.54, 1.807) is 0 Å². The molecule has 1 N–H and O–H groups in total. The number of nitrogens with zero attached hydrogens (tertiary/aromatic N) is 1. The SMILES string of the molecule is CC1CCCCCN1c1ccc2c(c1)NCCC2. The van der Waals surface area contributed by atoms with Crippen LogP contribution in [-0.4, -0.2) is 19.1 Å². The van der Waals surface area contributed by atoms with Gasteiger partial charge >= 0.3 is 0 Å². The van der Waals surface area contributed by atoms with Gasteiger partial charge < -0.3 is 10.2 Å². The van der Waals surface area contributed by atoms with E-state index in [-0.39, 0.29) is 0 Å². The van der Waals surface area contributed by atoms with Crippen molar-refractivity contribution in [1.29, 1.82) is 0 Å². The molecular weight excluding hydrogens is 220 g/mol. The van der Waals surface area contributed by atoms with Gasteiger partial charge in [0.2, 0.25) is 0 Å². The van der Waals surface area contributed by atoms with Crippen molar-refractivity contribution >= 4 is 11.4 Å². The molecule has 2 nitrogen and oxygen atoms in total. The lowest BCUT2D eigenvalue weighted by molar-refractivity contribution is 0.616. The van der Waals surface area contributed by atoms with Crippen LogP contribution in [0, 0.1) is 0 Å². The summed E-state index contributed by atoms with van der Waals surface area (Å²) < 4.78 is 0. The number of rotatable bonds is 1. The number of aryl methyl sites for hydroxylation is 1. The molecule has 0 bridgehead atoms. The number of nitrogens with one attached hydrogen (secondary N) is 1. The van der Waals surface area contributed by atoms with Gasteiger partial charge in [-0.25, -0.2) is 0 Å². The van der Waals surface area contributed by atoms with Crippen molar-refractivity contribution in [2.45, 2.75) is 51.5 Å². The Morgan fingerprint density at radius 2 is 2.11 bits per heavy atom. The Balaban J connectivity index is 1.86. The van der Waals surface area contributed by atoms with Crippen LogP contribution >= 0.6 is 0 Å². The summed E-state index contributed by atoms with van der Waals surface area (Å²) in [6.07, 6.45) is 7.97. The molecular formula is C16H24N2. The molecule has 1 saturated heterocycles. The average Bonchev–Trinajstić information content (AvgIpc) is 2.63. The fraction of sp³-hybridized carbons (Fsp3) is 0.625. The molecule has 1 aromatic rings. The average molecular weight is 244 g/mol. The van der Waals surface area contributed by atoms with E-state index >= 15 is 0 Å². The molecule has 1 aromatic carbocycles. The van der Waals surface area contributed by atoms with Gasteiger partial charge in [-0.3, -0.25) is 0 Å². The van der Waals surface area contributed by atoms with Crippen molar-refractivity contribution in [2.24, 2.45) is 0 Å². The van der Waals surface area contributed by atoms with Crippen LogP contribution in [-0.2, 0) is 6.42 Å². The molecule has 2 heterocycles. The molecule has 0 aromatic heterocycles. The molecule has 1 unspecified atom stereocenters. The van der Waals surface area contributed by atoms with Crippen LogP contribution < -0.4 is 10.2 Å². The third-order valence-corrected chi connectivity index (χ3v) is 4.42. The standard InChI is InChI=1S/C16H24N2/c1-13-6-3-2-4-11-18(13)15-9-8-14-7-5-10-17-16(14)12-15/h8-9,12-13,17H,2-7,10-11H2,1H3. The second-order valence-electron chi connectivity index (χ2n) is 5.76. The molecule has 0 aliphatic carbocycles. The Hall–Kier alpha value is -1.18. The second kappa shape index (κ2) is 5.21. The van der Waals surface area contributed by atoms with Gasteiger partial charge in [0.15, 0.2) is 0 Å². The normalized spacial score (nSPS) is 24.1. The van der Waals surface area contributed by atoms with E-state index in [0.29, 0.717) is 6.04 Å². The lowest BCUT2D eigenvalue weighted by Crippen LogP contribution is -2.32. The van der Waals surface area contributed by atoms with Crippen LogP contribution in [0.4, 0.5) is 11.4 Å². The van der Waals surface area contributed by atoms with Gasteiger partial charge in [0.05, 0.1) is 0 Å². The first-order valence-electron chi connectivity index (χ1n) is 7.48. The first-order valence-corrected chi connectivity index (χ1v) is 7.48. The zero-order valence-corrected chi connectivity index (χ0v) is 11.4. The summed E-state index contributed by atoms with van der Waals surface area (Å²) in [6.45, 7) is 4.73. The molecule has 1 fully saturated rings. The summed E-state index contributed by atoms with van der Waals surface area (Å²) in [5, 5.41) is 3.55. The van der Waals surface area contributed by atoms with Crippen molar-refractivity contribution < 1.29 is 0 Å². The van der Waals surface area contributed by atoms with Crippen LogP contribution in [0.1, 0.15) is 44.6 Å². The number of hydrogen-bond donors (Lipinski definition) is 1. The summed E-state index contributed by atoms with van der Waals surface area (Å²) >= 11 is 0. The van der Waals surface area contributed by atoms with Gasteiger partial charge in [-0.2, -0.15) is 0 Å². The van der Waals surface area contributed by atoms with Gasteiger partial charge in [0, 0.05) is 30.5 Å². The fourth-order valence-electron chi connectivity index (χ4n) is 3.29. The second-order valence-corrected chi connectivity index (χ2v) is 5.76. The van der Waals surface area contributed by atoms with Gasteiger partial charge in [-0.15, -0.1) is 0 Å². The van der Waals surface area contributed by atoms with Crippen LogP contribution in [0.2, 0.25) is 0 Å². The zero-order chi connectivity index (χ0) is 12.4. The Kier molecular flexibility index (Phi) is 3.44. The van der Waals surface area contributed by atoms with Crippen molar-refractivity contribution in [1.82, 2.24) is 0 Å². The van der Waals surface area contributed by atoms with Gasteiger partial charge in [-0.1, -0.05) is 18.9 Å². The van der Waals surface area contributed by atoms with E-state index in [1.807, 2.05) is 0 Å². The quantitative estimate of drug-likeness (QED) is 0.808. The van der Waals surface area contributed by atoms with Crippen molar-refractivity contribution in [2.75, 3.05) is 23.3 Å². The van der Waals surface area contributed by atoms with E-state index in [9.17, 15) is 0 Å². The molecule has 3 rings (SSSR count). The van der Waals surface area contributed by atoms with E-state index in [0.717, 1.165) is 6.54 Å². The Labute approximate surface area is 110 Å². The highest BCUT2D eigenvalue weighted by atomic mass is 15.2. The minimum absolute atomic E-state index is 0.689. The van der Waals surface area contributed by atoms with Crippen LogP contribution in [0.25, 0.3) is 0 Å². The molecule has 0 spiro atoms. The van der Waals surface area contributed by atoms with Gasteiger partial charge in [0.25, 0.3) is 0 Å². The van der Waals surface area contributed by atoms with E-state index in [1.165, 1.54) is 62.0 Å². The van der Waals surface area contributed by atoms with Crippen LogP contribution in [0.5, 0.6) is 0 Å². The molecule has 0 amide bonds. The third-order valence-electron chi connectivity index (χ3n) is 4.42. The number of fused-ring (bicyclic) bond motifs is 1. The first-order chi connectivity index (χ1) is 8.84.